The Bertz CT molecular complexity index is 800. The number of hydrogen-bond acceptors (Lipinski definition) is 5. The first-order chi connectivity index (χ1) is 17.0. The minimum atomic E-state index is -0.404. The Balaban J connectivity index is 1.19. The second-order valence-electron chi connectivity index (χ2n) is 10.7. The van der Waals surface area contributed by atoms with Crippen molar-refractivity contribution in [3.05, 3.63) is 29.6 Å². The van der Waals surface area contributed by atoms with Crippen LogP contribution in [-0.2, 0) is 11.3 Å². The molecule has 4 rings (SSSR count). The molecule has 0 spiro atoms. The van der Waals surface area contributed by atoms with Crippen LogP contribution in [-0.4, -0.2) is 79.1 Å². The first-order valence-electron chi connectivity index (χ1n) is 13.9. The lowest BCUT2D eigenvalue weighted by molar-refractivity contribution is -0.136. The largest absolute Gasteiger partial charge is 0.493 e. The van der Waals surface area contributed by atoms with Gasteiger partial charge in [-0.25, -0.2) is 4.39 Å². The molecule has 3 aliphatic rings. The fourth-order valence-electron chi connectivity index (χ4n) is 6.12. The summed E-state index contributed by atoms with van der Waals surface area (Å²) in [5.41, 5.74) is 7.10. The van der Waals surface area contributed by atoms with E-state index < -0.39 is 6.04 Å². The first kappa shape index (κ1) is 26.4. The second kappa shape index (κ2) is 13.0. The van der Waals surface area contributed by atoms with Crippen LogP contribution in [0.25, 0.3) is 0 Å². The molecule has 2 saturated heterocycles. The maximum atomic E-state index is 14.4. The van der Waals surface area contributed by atoms with E-state index in [2.05, 4.69) is 9.80 Å². The third-order valence-corrected chi connectivity index (χ3v) is 8.44. The summed E-state index contributed by atoms with van der Waals surface area (Å²) in [6.07, 6.45) is 10.4. The number of halogens is 1. The van der Waals surface area contributed by atoms with E-state index in [0.717, 1.165) is 44.9 Å². The zero-order valence-electron chi connectivity index (χ0n) is 21.6. The highest BCUT2D eigenvalue weighted by Gasteiger charge is 2.33. The average molecular weight is 489 g/mol. The molecule has 6 nitrogen and oxygen atoms in total. The zero-order chi connectivity index (χ0) is 24.6. The number of rotatable bonds is 9. The summed E-state index contributed by atoms with van der Waals surface area (Å²) in [6.45, 7) is 8.98. The van der Waals surface area contributed by atoms with Gasteiger partial charge in [0, 0.05) is 38.3 Å². The Labute approximate surface area is 211 Å². The van der Waals surface area contributed by atoms with Gasteiger partial charge < -0.3 is 20.3 Å². The molecule has 35 heavy (non-hydrogen) atoms. The molecule has 1 atom stereocenters. The van der Waals surface area contributed by atoms with Gasteiger partial charge in [-0.3, -0.25) is 9.69 Å². The molecule has 1 saturated carbocycles. The molecule has 1 amide bonds. The Morgan fingerprint density at radius 3 is 2.43 bits per heavy atom. The Hall–Kier alpha value is -1.70. The summed E-state index contributed by atoms with van der Waals surface area (Å²) in [7, 11) is 0. The lowest BCUT2D eigenvalue weighted by Gasteiger charge is -2.39. The second-order valence-corrected chi connectivity index (χ2v) is 10.7. The number of carbonyl (C=O) groups is 1. The van der Waals surface area contributed by atoms with E-state index in [9.17, 15) is 9.18 Å². The molecular weight excluding hydrogens is 443 g/mol. The van der Waals surface area contributed by atoms with Crippen molar-refractivity contribution in [2.24, 2.45) is 17.6 Å². The normalized spacial score (nSPS) is 22.3. The maximum absolute atomic E-state index is 14.4. The highest BCUT2D eigenvalue weighted by atomic mass is 19.1. The number of ether oxygens (including phenoxy) is 1. The maximum Gasteiger partial charge on any atom is 0.239 e. The van der Waals surface area contributed by atoms with Crippen molar-refractivity contribution in [1.29, 1.82) is 0 Å². The number of nitrogens with two attached hydrogens (primary N) is 1. The number of benzene rings is 1. The summed E-state index contributed by atoms with van der Waals surface area (Å²) in [6, 6.07) is 4.58. The topological polar surface area (TPSA) is 62.0 Å². The average Bonchev–Trinajstić information content (AvgIpc) is 2.90. The van der Waals surface area contributed by atoms with Crippen LogP contribution in [0.1, 0.15) is 63.9 Å². The third kappa shape index (κ3) is 7.17. The fraction of sp³-hybridized carbons (Fsp3) is 0.750. The van der Waals surface area contributed by atoms with E-state index in [1.54, 1.807) is 6.07 Å². The zero-order valence-corrected chi connectivity index (χ0v) is 21.6. The van der Waals surface area contributed by atoms with Crippen LogP contribution in [0.5, 0.6) is 5.75 Å². The van der Waals surface area contributed by atoms with Crippen LogP contribution >= 0.6 is 0 Å². The number of piperidine rings is 1. The summed E-state index contributed by atoms with van der Waals surface area (Å²) in [4.78, 5) is 19.9. The minimum Gasteiger partial charge on any atom is -0.493 e. The molecule has 196 valence electrons. The smallest absolute Gasteiger partial charge is 0.239 e. The lowest BCUT2D eigenvalue weighted by atomic mass is 9.86. The van der Waals surface area contributed by atoms with E-state index in [4.69, 9.17) is 10.5 Å². The van der Waals surface area contributed by atoms with Crippen LogP contribution in [0.4, 0.5) is 4.39 Å². The van der Waals surface area contributed by atoms with Crippen molar-refractivity contribution in [2.75, 3.05) is 52.4 Å². The number of piperazine rings is 1. The van der Waals surface area contributed by atoms with E-state index in [0.29, 0.717) is 37.6 Å². The number of hydrogen-bond donors (Lipinski definition) is 1. The van der Waals surface area contributed by atoms with Crippen molar-refractivity contribution in [1.82, 2.24) is 14.7 Å². The lowest BCUT2D eigenvalue weighted by Crippen LogP contribution is -2.55. The van der Waals surface area contributed by atoms with Gasteiger partial charge in [0.1, 0.15) is 11.6 Å². The van der Waals surface area contributed by atoms with Crippen molar-refractivity contribution in [3.8, 4) is 5.75 Å². The SMILES string of the molecule is CCOc1cccc(F)c1CN1CCN(C(=O)[C@H](N)C2CCN(CCC3CCCCC3)CC2)CC1. The predicted octanol–water partition coefficient (Wildman–Crippen LogP) is 3.88. The van der Waals surface area contributed by atoms with Gasteiger partial charge in [0.2, 0.25) is 5.91 Å². The number of carbonyl (C=O) groups excluding carboxylic acids is 1. The molecule has 1 aromatic rings. The quantitative estimate of drug-likeness (QED) is 0.572. The molecule has 2 aliphatic heterocycles. The molecule has 1 aliphatic carbocycles. The molecule has 1 aromatic carbocycles. The van der Waals surface area contributed by atoms with Crippen molar-refractivity contribution in [3.63, 3.8) is 0 Å². The standard InChI is InChI=1S/C28H45FN4O2/c1-2-35-26-10-6-9-25(29)24(26)21-32-17-19-33(20-18-32)28(34)27(30)23-12-15-31(16-13-23)14-11-22-7-4-3-5-8-22/h6,9-10,22-23,27H,2-5,7-8,11-21,30H2,1H3/t27-/m1/s1. The van der Waals surface area contributed by atoms with Gasteiger partial charge in [-0.05, 0) is 69.8 Å². The van der Waals surface area contributed by atoms with Gasteiger partial charge >= 0.3 is 0 Å². The summed E-state index contributed by atoms with van der Waals surface area (Å²) in [5, 5.41) is 0. The van der Waals surface area contributed by atoms with Gasteiger partial charge in [0.25, 0.3) is 0 Å². The number of likely N-dealkylation sites (tertiary alicyclic amines) is 1. The Morgan fingerprint density at radius 1 is 1.03 bits per heavy atom. The van der Waals surface area contributed by atoms with Crippen LogP contribution in [0, 0.1) is 17.7 Å². The van der Waals surface area contributed by atoms with Crippen molar-refractivity contribution < 1.29 is 13.9 Å². The highest BCUT2D eigenvalue weighted by molar-refractivity contribution is 5.82. The van der Waals surface area contributed by atoms with Crippen LogP contribution < -0.4 is 10.5 Å². The van der Waals surface area contributed by atoms with E-state index in [1.165, 1.54) is 51.1 Å². The monoisotopic (exact) mass is 488 g/mol. The Morgan fingerprint density at radius 2 is 1.74 bits per heavy atom. The molecule has 0 bridgehead atoms. The molecule has 7 heteroatoms. The van der Waals surface area contributed by atoms with Gasteiger partial charge in [-0.1, -0.05) is 38.2 Å². The van der Waals surface area contributed by atoms with Crippen molar-refractivity contribution in [2.45, 2.75) is 70.9 Å². The summed E-state index contributed by atoms with van der Waals surface area (Å²) < 4.78 is 20.0. The first-order valence-corrected chi connectivity index (χ1v) is 13.9. The van der Waals surface area contributed by atoms with Gasteiger partial charge in [-0.2, -0.15) is 0 Å². The molecule has 2 heterocycles. The van der Waals surface area contributed by atoms with Crippen LogP contribution in [0.2, 0.25) is 0 Å². The van der Waals surface area contributed by atoms with Gasteiger partial charge in [0.05, 0.1) is 12.6 Å². The molecule has 0 unspecified atom stereocenters. The van der Waals surface area contributed by atoms with Crippen LogP contribution in [0.15, 0.2) is 18.2 Å². The third-order valence-electron chi connectivity index (χ3n) is 8.44. The molecule has 2 N–H and O–H groups in total. The van der Waals surface area contributed by atoms with Gasteiger partial charge in [0.15, 0.2) is 0 Å². The number of nitrogens with zero attached hydrogens (tertiary/aromatic N) is 3. The highest BCUT2D eigenvalue weighted by Crippen LogP contribution is 2.28. The molecule has 0 aromatic heterocycles. The predicted molar refractivity (Wildman–Crippen MR) is 138 cm³/mol. The summed E-state index contributed by atoms with van der Waals surface area (Å²) in [5.74, 6) is 1.66. The minimum absolute atomic E-state index is 0.0891. The molecule has 0 radical (unpaired) electrons. The van der Waals surface area contributed by atoms with Crippen LogP contribution in [0.3, 0.4) is 0 Å². The van der Waals surface area contributed by atoms with E-state index in [1.807, 2.05) is 17.9 Å². The van der Waals surface area contributed by atoms with Crippen molar-refractivity contribution >= 4 is 5.91 Å². The number of amides is 1. The summed E-state index contributed by atoms with van der Waals surface area (Å²) >= 11 is 0. The Kier molecular flexibility index (Phi) is 9.81. The van der Waals surface area contributed by atoms with E-state index >= 15 is 0 Å². The van der Waals surface area contributed by atoms with Gasteiger partial charge in [-0.15, -0.1) is 0 Å². The fourth-order valence-corrected chi connectivity index (χ4v) is 6.12. The molecular formula is C28H45FN4O2. The van der Waals surface area contributed by atoms with E-state index in [-0.39, 0.29) is 17.6 Å². The molecule has 3 fully saturated rings.